The topological polar surface area (TPSA) is 48.8 Å². The van der Waals surface area contributed by atoms with Crippen LogP contribution < -0.4 is 0 Å². The van der Waals surface area contributed by atoms with Gasteiger partial charge in [0, 0.05) is 9.79 Å². The quantitative estimate of drug-likeness (QED) is 0.356. The number of hydrogen-bond acceptors (Lipinski definition) is 2. The van der Waals surface area contributed by atoms with Crippen molar-refractivity contribution in [3.63, 3.8) is 0 Å². The SMILES string of the molecule is Cc1csc(CN=[N+]=[N-])c1. The summed E-state index contributed by atoms with van der Waals surface area (Å²) in [7, 11) is 0. The van der Waals surface area contributed by atoms with Crippen molar-refractivity contribution in [3.05, 3.63) is 32.3 Å². The van der Waals surface area contributed by atoms with E-state index in [1.807, 2.05) is 18.4 Å². The Kier molecular flexibility index (Phi) is 2.31. The molecule has 0 N–H and O–H groups in total. The van der Waals surface area contributed by atoms with E-state index in [-0.39, 0.29) is 0 Å². The van der Waals surface area contributed by atoms with Gasteiger partial charge in [-0.25, -0.2) is 0 Å². The molecule has 1 aromatic rings. The van der Waals surface area contributed by atoms with Gasteiger partial charge in [0.05, 0.1) is 6.54 Å². The lowest BCUT2D eigenvalue weighted by atomic mass is 10.3. The summed E-state index contributed by atoms with van der Waals surface area (Å²) in [6.45, 7) is 2.51. The molecule has 0 unspecified atom stereocenters. The highest BCUT2D eigenvalue weighted by Crippen LogP contribution is 2.14. The Labute approximate surface area is 62.9 Å². The van der Waals surface area contributed by atoms with Crippen LogP contribution in [0.4, 0.5) is 0 Å². The molecule has 4 heteroatoms. The number of hydrogen-bond donors (Lipinski definition) is 0. The molecule has 0 aliphatic heterocycles. The van der Waals surface area contributed by atoms with Gasteiger partial charge in [-0.1, -0.05) is 5.11 Å². The molecule has 0 spiro atoms. The van der Waals surface area contributed by atoms with Gasteiger partial charge in [0.2, 0.25) is 0 Å². The van der Waals surface area contributed by atoms with Crippen molar-refractivity contribution in [3.8, 4) is 0 Å². The first-order valence-electron chi connectivity index (χ1n) is 2.88. The minimum absolute atomic E-state index is 0.481. The van der Waals surface area contributed by atoms with Crippen LogP contribution in [0.25, 0.3) is 10.4 Å². The Morgan fingerprint density at radius 2 is 2.60 bits per heavy atom. The second-order valence-electron chi connectivity index (χ2n) is 1.98. The molecule has 1 heterocycles. The first kappa shape index (κ1) is 7.12. The van der Waals surface area contributed by atoms with Gasteiger partial charge in [-0.15, -0.1) is 11.3 Å². The highest BCUT2D eigenvalue weighted by molar-refractivity contribution is 7.10. The Bertz CT molecular complexity index is 260. The number of azide groups is 1. The molecule has 3 nitrogen and oxygen atoms in total. The number of aryl methyl sites for hydroxylation is 1. The number of thiophene rings is 1. The predicted octanol–water partition coefficient (Wildman–Crippen LogP) is 2.87. The Balaban J connectivity index is 2.66. The van der Waals surface area contributed by atoms with Crippen molar-refractivity contribution < 1.29 is 0 Å². The largest absolute Gasteiger partial charge is 0.149 e. The summed E-state index contributed by atoms with van der Waals surface area (Å²) in [6.07, 6.45) is 0. The van der Waals surface area contributed by atoms with Gasteiger partial charge in [-0.3, -0.25) is 0 Å². The molecule has 0 aliphatic carbocycles. The van der Waals surface area contributed by atoms with E-state index in [2.05, 4.69) is 10.0 Å². The molecule has 0 amide bonds. The van der Waals surface area contributed by atoms with Crippen LogP contribution in [0.1, 0.15) is 10.4 Å². The van der Waals surface area contributed by atoms with Gasteiger partial charge in [0.1, 0.15) is 0 Å². The van der Waals surface area contributed by atoms with Crippen LogP contribution in [0.5, 0.6) is 0 Å². The van der Waals surface area contributed by atoms with Crippen LogP contribution in [0.15, 0.2) is 16.6 Å². The highest BCUT2D eigenvalue weighted by atomic mass is 32.1. The first-order chi connectivity index (χ1) is 4.83. The molecule has 0 saturated carbocycles. The van der Waals surface area contributed by atoms with E-state index < -0.39 is 0 Å². The Morgan fingerprint density at radius 3 is 3.10 bits per heavy atom. The van der Waals surface area contributed by atoms with Crippen LogP contribution in [0.3, 0.4) is 0 Å². The van der Waals surface area contributed by atoms with Crippen LogP contribution in [0, 0.1) is 6.92 Å². The maximum Gasteiger partial charge on any atom is 0.0605 e. The van der Waals surface area contributed by atoms with Gasteiger partial charge in [0.15, 0.2) is 0 Å². The molecule has 0 aromatic carbocycles. The van der Waals surface area contributed by atoms with Crippen LogP contribution in [0.2, 0.25) is 0 Å². The molecule has 0 atom stereocenters. The molecule has 1 aromatic heterocycles. The number of rotatable bonds is 2. The fourth-order valence-electron chi connectivity index (χ4n) is 0.675. The van der Waals surface area contributed by atoms with Crippen molar-refractivity contribution in [2.45, 2.75) is 13.5 Å². The summed E-state index contributed by atoms with van der Waals surface area (Å²) in [6, 6.07) is 2.03. The van der Waals surface area contributed by atoms with E-state index in [4.69, 9.17) is 5.53 Å². The predicted molar refractivity (Wildman–Crippen MR) is 41.9 cm³/mol. The monoisotopic (exact) mass is 153 g/mol. The zero-order valence-corrected chi connectivity index (χ0v) is 6.43. The average molecular weight is 153 g/mol. The van der Waals surface area contributed by atoms with Crippen LogP contribution in [-0.2, 0) is 6.54 Å². The van der Waals surface area contributed by atoms with Gasteiger partial charge in [-0.2, -0.15) is 0 Å². The minimum Gasteiger partial charge on any atom is -0.149 e. The zero-order chi connectivity index (χ0) is 7.40. The van der Waals surface area contributed by atoms with Crippen molar-refractivity contribution in [2.24, 2.45) is 5.11 Å². The third-order valence-electron chi connectivity index (χ3n) is 1.07. The normalized spacial score (nSPS) is 8.90. The van der Waals surface area contributed by atoms with E-state index in [1.165, 1.54) is 5.56 Å². The second kappa shape index (κ2) is 3.25. The lowest BCUT2D eigenvalue weighted by Crippen LogP contribution is -1.68. The van der Waals surface area contributed by atoms with E-state index in [9.17, 15) is 0 Å². The molecule has 1 rings (SSSR count). The Hall–Kier alpha value is -0.990. The molecule has 10 heavy (non-hydrogen) atoms. The summed E-state index contributed by atoms with van der Waals surface area (Å²) >= 11 is 1.62. The summed E-state index contributed by atoms with van der Waals surface area (Å²) in [4.78, 5) is 3.79. The molecule has 0 saturated heterocycles. The lowest BCUT2D eigenvalue weighted by Gasteiger charge is -1.81. The molecule has 0 aliphatic rings. The summed E-state index contributed by atoms with van der Waals surface area (Å²) in [5, 5.41) is 5.49. The second-order valence-corrected chi connectivity index (χ2v) is 2.98. The third kappa shape index (κ3) is 1.76. The Morgan fingerprint density at radius 1 is 1.80 bits per heavy atom. The summed E-state index contributed by atoms with van der Waals surface area (Å²) < 4.78 is 0. The molecule has 0 bridgehead atoms. The van der Waals surface area contributed by atoms with Gasteiger partial charge in [-0.05, 0) is 29.5 Å². The van der Waals surface area contributed by atoms with Gasteiger partial charge >= 0.3 is 0 Å². The van der Waals surface area contributed by atoms with Gasteiger partial charge in [0.25, 0.3) is 0 Å². The van der Waals surface area contributed by atoms with E-state index in [1.54, 1.807) is 11.3 Å². The average Bonchev–Trinajstić information content (AvgIpc) is 2.31. The molecule has 0 fully saturated rings. The summed E-state index contributed by atoms with van der Waals surface area (Å²) in [5.74, 6) is 0. The standard InChI is InChI=1S/C6H7N3S/c1-5-2-6(10-4-5)3-8-9-7/h2,4H,3H2,1H3. The minimum atomic E-state index is 0.481. The smallest absolute Gasteiger partial charge is 0.0605 e. The number of nitrogens with zero attached hydrogens (tertiary/aromatic N) is 3. The van der Waals surface area contributed by atoms with Crippen molar-refractivity contribution in [1.29, 1.82) is 0 Å². The van der Waals surface area contributed by atoms with E-state index >= 15 is 0 Å². The van der Waals surface area contributed by atoms with E-state index in [0.29, 0.717) is 6.54 Å². The zero-order valence-electron chi connectivity index (χ0n) is 5.61. The van der Waals surface area contributed by atoms with Crippen molar-refractivity contribution in [1.82, 2.24) is 0 Å². The molecular formula is C6H7N3S. The first-order valence-corrected chi connectivity index (χ1v) is 3.76. The molecular weight excluding hydrogens is 146 g/mol. The highest BCUT2D eigenvalue weighted by Gasteiger charge is 1.92. The maximum atomic E-state index is 8.00. The fourth-order valence-corrected chi connectivity index (χ4v) is 1.47. The van der Waals surface area contributed by atoms with Crippen molar-refractivity contribution >= 4 is 11.3 Å². The molecule has 0 radical (unpaired) electrons. The van der Waals surface area contributed by atoms with Crippen molar-refractivity contribution in [2.75, 3.05) is 0 Å². The third-order valence-corrected chi connectivity index (χ3v) is 2.11. The fraction of sp³-hybridized carbons (Fsp3) is 0.333. The van der Waals surface area contributed by atoms with Crippen LogP contribution >= 0.6 is 11.3 Å². The lowest BCUT2D eigenvalue weighted by molar-refractivity contribution is 1.08. The summed E-state index contributed by atoms with van der Waals surface area (Å²) in [5.41, 5.74) is 9.23. The van der Waals surface area contributed by atoms with Crippen LogP contribution in [-0.4, -0.2) is 0 Å². The van der Waals surface area contributed by atoms with E-state index in [0.717, 1.165) is 4.88 Å². The van der Waals surface area contributed by atoms with Gasteiger partial charge < -0.3 is 0 Å². The molecule has 52 valence electrons. The maximum absolute atomic E-state index is 8.00.